The molecule has 1 aromatic heterocycles. The van der Waals surface area contributed by atoms with Crippen LogP contribution in [0, 0.1) is 0 Å². The molecule has 0 spiro atoms. The molecule has 0 atom stereocenters. The third-order valence-corrected chi connectivity index (χ3v) is 2.64. The first-order valence-electron chi connectivity index (χ1n) is 5.78. The number of hydrogen-bond donors (Lipinski definition) is 1. The van der Waals surface area contributed by atoms with Crippen molar-refractivity contribution in [1.29, 1.82) is 0 Å². The fourth-order valence-electron chi connectivity index (χ4n) is 1.59. The van der Waals surface area contributed by atoms with Crippen LogP contribution in [0.25, 0.3) is 0 Å². The van der Waals surface area contributed by atoms with Gasteiger partial charge in [0.15, 0.2) is 0 Å². The number of aromatic nitrogens is 1. The molecule has 1 rings (SSSR count). The summed E-state index contributed by atoms with van der Waals surface area (Å²) in [5.41, 5.74) is -2.26. The summed E-state index contributed by atoms with van der Waals surface area (Å²) >= 11 is 0. The number of aromatic carboxylic acids is 1. The quantitative estimate of drug-likeness (QED) is 0.648. The van der Waals surface area contributed by atoms with Gasteiger partial charge in [-0.15, -0.1) is 0 Å². The van der Waals surface area contributed by atoms with Gasteiger partial charge < -0.3 is 9.84 Å². The van der Waals surface area contributed by atoms with Crippen molar-refractivity contribution in [3.63, 3.8) is 0 Å². The Hall–Kier alpha value is -1.77. The third-order valence-electron chi connectivity index (χ3n) is 2.64. The van der Waals surface area contributed by atoms with Crippen LogP contribution in [0.4, 0.5) is 22.0 Å². The van der Waals surface area contributed by atoms with Crippen molar-refractivity contribution in [1.82, 2.24) is 4.98 Å². The monoisotopic (exact) mass is 313 g/mol. The normalized spacial score (nSPS) is 12.5. The zero-order valence-corrected chi connectivity index (χ0v) is 10.9. The van der Waals surface area contributed by atoms with Crippen molar-refractivity contribution in [2.45, 2.75) is 24.9 Å². The molecular formula is C12H12F5NO3. The van der Waals surface area contributed by atoms with E-state index in [0.29, 0.717) is 12.1 Å². The molecule has 0 saturated heterocycles. The van der Waals surface area contributed by atoms with Crippen LogP contribution >= 0.6 is 0 Å². The molecule has 1 N–H and O–H groups in total. The van der Waals surface area contributed by atoms with Gasteiger partial charge in [0.05, 0.1) is 11.3 Å². The van der Waals surface area contributed by atoms with E-state index in [1.165, 1.54) is 7.11 Å². The maximum atomic E-state index is 13.2. The predicted octanol–water partition coefficient (Wildman–Crippen LogP) is 3.01. The topological polar surface area (TPSA) is 59.4 Å². The van der Waals surface area contributed by atoms with Gasteiger partial charge in [-0.3, -0.25) is 4.98 Å². The van der Waals surface area contributed by atoms with Gasteiger partial charge in [-0.25, -0.2) is 4.79 Å². The highest BCUT2D eigenvalue weighted by Crippen LogP contribution is 2.43. The van der Waals surface area contributed by atoms with Crippen LogP contribution in [0.15, 0.2) is 12.1 Å². The van der Waals surface area contributed by atoms with Crippen molar-refractivity contribution in [3.8, 4) is 0 Å². The summed E-state index contributed by atoms with van der Waals surface area (Å²) in [5.74, 6) is -6.59. The average Bonchev–Trinajstić information content (AvgIpc) is 2.37. The lowest BCUT2D eigenvalue weighted by Crippen LogP contribution is -2.35. The molecule has 0 unspecified atom stereocenters. The molecule has 0 aliphatic heterocycles. The summed E-state index contributed by atoms with van der Waals surface area (Å²) in [7, 11) is 1.37. The zero-order chi connectivity index (χ0) is 16.3. The van der Waals surface area contributed by atoms with Gasteiger partial charge in [-0.05, 0) is 25.0 Å². The van der Waals surface area contributed by atoms with Crippen molar-refractivity contribution in [2.24, 2.45) is 0 Å². The van der Waals surface area contributed by atoms with Crippen LogP contribution in [0.2, 0.25) is 0 Å². The molecule has 0 radical (unpaired) electrons. The van der Waals surface area contributed by atoms with E-state index in [-0.39, 0.29) is 25.1 Å². The third kappa shape index (κ3) is 3.87. The summed E-state index contributed by atoms with van der Waals surface area (Å²) in [6.07, 6.45) is -5.64. The Morgan fingerprint density at radius 3 is 2.38 bits per heavy atom. The molecule has 9 heteroatoms. The van der Waals surface area contributed by atoms with E-state index in [4.69, 9.17) is 9.84 Å². The molecule has 0 saturated carbocycles. The maximum Gasteiger partial charge on any atom is 0.459 e. The number of carboxylic acid groups (broad SMARTS) is 1. The molecule has 4 nitrogen and oxygen atoms in total. The van der Waals surface area contributed by atoms with Crippen molar-refractivity contribution >= 4 is 5.97 Å². The number of methoxy groups -OCH3 is 1. The summed E-state index contributed by atoms with van der Waals surface area (Å²) < 4.78 is 68.0. The molecule has 1 heterocycles. The molecule has 0 bridgehead atoms. The fraction of sp³-hybridized carbons (Fsp3) is 0.500. The Labute approximate surface area is 116 Å². The SMILES string of the molecule is COCCCc1nc(C(F)(F)C(F)(F)F)ccc1C(=O)O. The lowest BCUT2D eigenvalue weighted by Gasteiger charge is -2.20. The summed E-state index contributed by atoms with van der Waals surface area (Å²) in [6, 6.07) is 1.07. The van der Waals surface area contributed by atoms with E-state index in [1.807, 2.05) is 0 Å². The zero-order valence-electron chi connectivity index (χ0n) is 10.9. The van der Waals surface area contributed by atoms with Crippen LogP contribution < -0.4 is 0 Å². The van der Waals surface area contributed by atoms with E-state index in [0.717, 1.165) is 0 Å². The Bertz CT molecular complexity index is 516. The molecule has 0 aliphatic rings. The van der Waals surface area contributed by atoms with Crippen LogP contribution in [-0.4, -0.2) is 36.0 Å². The predicted molar refractivity (Wildman–Crippen MR) is 61.3 cm³/mol. The second kappa shape index (κ2) is 6.33. The number of hydrogen-bond acceptors (Lipinski definition) is 3. The van der Waals surface area contributed by atoms with Crippen LogP contribution in [0.5, 0.6) is 0 Å². The van der Waals surface area contributed by atoms with E-state index in [9.17, 15) is 26.7 Å². The molecule has 118 valence electrons. The average molecular weight is 313 g/mol. The largest absolute Gasteiger partial charge is 0.478 e. The summed E-state index contributed by atoms with van der Waals surface area (Å²) in [6.45, 7) is 0.195. The second-order valence-corrected chi connectivity index (χ2v) is 4.16. The van der Waals surface area contributed by atoms with E-state index in [1.54, 1.807) is 0 Å². The van der Waals surface area contributed by atoms with Gasteiger partial charge in [0.1, 0.15) is 5.69 Å². The van der Waals surface area contributed by atoms with Crippen molar-refractivity contribution in [2.75, 3.05) is 13.7 Å². The van der Waals surface area contributed by atoms with Gasteiger partial charge in [0, 0.05) is 13.7 Å². The Kier molecular flexibility index (Phi) is 5.21. The van der Waals surface area contributed by atoms with Gasteiger partial charge in [0.25, 0.3) is 0 Å². The number of ether oxygens (including phenoxy) is 1. The maximum absolute atomic E-state index is 13.2. The smallest absolute Gasteiger partial charge is 0.459 e. The standard InChI is InChI=1S/C12H12F5NO3/c1-21-6-2-3-8-7(10(19)20)4-5-9(18-8)11(13,14)12(15,16)17/h4-5H,2-3,6H2,1H3,(H,19,20). The Morgan fingerprint density at radius 1 is 1.29 bits per heavy atom. The van der Waals surface area contributed by atoms with Crippen molar-refractivity contribution < 1.29 is 36.6 Å². The van der Waals surface area contributed by atoms with Gasteiger partial charge >= 0.3 is 18.1 Å². The Balaban J connectivity index is 3.20. The molecule has 1 aromatic rings. The van der Waals surface area contributed by atoms with E-state index < -0.39 is 29.3 Å². The number of halogens is 5. The van der Waals surface area contributed by atoms with Gasteiger partial charge in [0.2, 0.25) is 0 Å². The lowest BCUT2D eigenvalue weighted by molar-refractivity contribution is -0.291. The highest BCUT2D eigenvalue weighted by molar-refractivity contribution is 5.88. The molecular weight excluding hydrogens is 301 g/mol. The number of alkyl halides is 5. The Morgan fingerprint density at radius 2 is 1.90 bits per heavy atom. The highest BCUT2D eigenvalue weighted by atomic mass is 19.4. The number of aryl methyl sites for hydroxylation is 1. The van der Waals surface area contributed by atoms with Crippen molar-refractivity contribution in [3.05, 3.63) is 29.1 Å². The van der Waals surface area contributed by atoms with Gasteiger partial charge in [-0.2, -0.15) is 22.0 Å². The fourth-order valence-corrected chi connectivity index (χ4v) is 1.59. The summed E-state index contributed by atoms with van der Waals surface area (Å²) in [4.78, 5) is 14.1. The lowest BCUT2D eigenvalue weighted by atomic mass is 10.1. The number of rotatable bonds is 6. The second-order valence-electron chi connectivity index (χ2n) is 4.16. The first-order chi connectivity index (χ1) is 9.61. The minimum Gasteiger partial charge on any atom is -0.478 e. The first-order valence-corrected chi connectivity index (χ1v) is 5.78. The van der Waals surface area contributed by atoms with Crippen LogP contribution in [0.3, 0.4) is 0 Å². The minimum absolute atomic E-state index is 0.0861. The molecule has 0 aliphatic carbocycles. The minimum atomic E-state index is -5.80. The summed E-state index contributed by atoms with van der Waals surface area (Å²) in [5, 5.41) is 8.89. The highest BCUT2D eigenvalue weighted by Gasteiger charge is 2.60. The number of carboxylic acids is 1. The van der Waals surface area contributed by atoms with Gasteiger partial charge in [-0.1, -0.05) is 0 Å². The molecule has 21 heavy (non-hydrogen) atoms. The van der Waals surface area contributed by atoms with Crippen LogP contribution in [-0.2, 0) is 17.1 Å². The molecule has 0 amide bonds. The number of nitrogens with zero attached hydrogens (tertiary/aromatic N) is 1. The first kappa shape index (κ1) is 17.3. The molecule has 0 fully saturated rings. The number of carbonyl (C=O) groups is 1. The van der Waals surface area contributed by atoms with E-state index in [2.05, 4.69) is 4.98 Å². The molecule has 0 aromatic carbocycles. The number of pyridine rings is 1. The van der Waals surface area contributed by atoms with E-state index >= 15 is 0 Å². The van der Waals surface area contributed by atoms with Crippen LogP contribution in [0.1, 0.15) is 28.2 Å².